The number of aryl methyl sites for hydroxylation is 1. The first-order valence-corrected chi connectivity index (χ1v) is 5.69. The van der Waals surface area contributed by atoms with Crippen LogP contribution in [0.2, 0.25) is 0 Å². The molecule has 2 heteroatoms. The minimum atomic E-state index is 0.527. The van der Waals surface area contributed by atoms with Gasteiger partial charge in [-0.15, -0.1) is 0 Å². The summed E-state index contributed by atoms with van der Waals surface area (Å²) in [5.74, 6) is 0. The van der Waals surface area contributed by atoms with Crippen LogP contribution in [0.4, 0.5) is 5.69 Å². The maximum atomic E-state index is 3.52. The van der Waals surface area contributed by atoms with Gasteiger partial charge in [-0.1, -0.05) is 17.7 Å². The second-order valence-electron chi connectivity index (χ2n) is 4.75. The van der Waals surface area contributed by atoms with E-state index in [1.54, 1.807) is 0 Å². The zero-order valence-electron chi connectivity index (χ0n) is 9.64. The molecule has 0 unspecified atom stereocenters. The van der Waals surface area contributed by atoms with E-state index in [0.717, 1.165) is 13.1 Å². The van der Waals surface area contributed by atoms with Crippen molar-refractivity contribution in [1.82, 2.24) is 5.32 Å². The predicted molar refractivity (Wildman–Crippen MR) is 65.3 cm³/mol. The van der Waals surface area contributed by atoms with Gasteiger partial charge < -0.3 is 10.6 Å². The van der Waals surface area contributed by atoms with Gasteiger partial charge in [0.15, 0.2) is 0 Å². The maximum Gasteiger partial charge on any atom is 0.0340 e. The second-order valence-corrected chi connectivity index (χ2v) is 4.75. The number of benzene rings is 1. The molecule has 2 rings (SSSR count). The standard InChI is InChI=1S/C13H20N2/c1-11-3-5-12(6-4-11)15-10-13(7-8-13)9-14-2/h3-6,14-15H,7-10H2,1-2H3. The minimum absolute atomic E-state index is 0.527. The average molecular weight is 204 g/mol. The van der Waals surface area contributed by atoms with Gasteiger partial charge in [-0.25, -0.2) is 0 Å². The summed E-state index contributed by atoms with van der Waals surface area (Å²) < 4.78 is 0. The van der Waals surface area contributed by atoms with E-state index in [2.05, 4.69) is 41.8 Å². The minimum Gasteiger partial charge on any atom is -0.384 e. The second kappa shape index (κ2) is 4.23. The van der Waals surface area contributed by atoms with E-state index < -0.39 is 0 Å². The van der Waals surface area contributed by atoms with Crippen LogP contribution in [0.5, 0.6) is 0 Å². The summed E-state index contributed by atoms with van der Waals surface area (Å²) in [5, 5.41) is 6.80. The zero-order chi connectivity index (χ0) is 10.7. The maximum absolute atomic E-state index is 3.52. The molecule has 0 atom stereocenters. The monoisotopic (exact) mass is 204 g/mol. The van der Waals surface area contributed by atoms with Gasteiger partial charge in [-0.05, 0) is 38.9 Å². The molecule has 0 saturated heterocycles. The molecule has 15 heavy (non-hydrogen) atoms. The van der Waals surface area contributed by atoms with E-state index in [9.17, 15) is 0 Å². The van der Waals surface area contributed by atoms with Gasteiger partial charge in [0.25, 0.3) is 0 Å². The first kappa shape index (κ1) is 10.5. The molecule has 0 spiro atoms. The molecule has 1 aromatic carbocycles. The fraction of sp³-hybridized carbons (Fsp3) is 0.538. The van der Waals surface area contributed by atoms with Crippen molar-refractivity contribution < 1.29 is 0 Å². The Bertz CT molecular complexity index is 312. The highest BCUT2D eigenvalue weighted by atomic mass is 14.9. The molecule has 0 aliphatic heterocycles. The topological polar surface area (TPSA) is 24.1 Å². The van der Waals surface area contributed by atoms with Crippen LogP contribution >= 0.6 is 0 Å². The van der Waals surface area contributed by atoms with Crippen LogP contribution in [0.15, 0.2) is 24.3 Å². The van der Waals surface area contributed by atoms with E-state index >= 15 is 0 Å². The van der Waals surface area contributed by atoms with E-state index in [1.807, 2.05) is 7.05 Å². The smallest absolute Gasteiger partial charge is 0.0340 e. The Morgan fingerprint density at radius 2 is 1.80 bits per heavy atom. The van der Waals surface area contributed by atoms with Crippen LogP contribution in [-0.4, -0.2) is 20.1 Å². The van der Waals surface area contributed by atoms with Crippen molar-refractivity contribution >= 4 is 5.69 Å². The highest BCUT2D eigenvalue weighted by Gasteiger charge is 2.41. The van der Waals surface area contributed by atoms with Crippen molar-refractivity contribution in [2.24, 2.45) is 5.41 Å². The van der Waals surface area contributed by atoms with Crippen molar-refractivity contribution in [2.75, 3.05) is 25.5 Å². The highest BCUT2D eigenvalue weighted by Crippen LogP contribution is 2.44. The molecule has 1 fully saturated rings. The predicted octanol–water partition coefficient (Wildman–Crippen LogP) is 2.41. The fourth-order valence-corrected chi connectivity index (χ4v) is 1.93. The normalized spacial score (nSPS) is 17.5. The van der Waals surface area contributed by atoms with Crippen LogP contribution in [0.3, 0.4) is 0 Å². The van der Waals surface area contributed by atoms with Crippen LogP contribution in [0.25, 0.3) is 0 Å². The average Bonchev–Trinajstić information content (AvgIpc) is 2.99. The lowest BCUT2D eigenvalue weighted by Gasteiger charge is -2.16. The molecule has 0 heterocycles. The largest absolute Gasteiger partial charge is 0.384 e. The Balaban J connectivity index is 1.85. The fourth-order valence-electron chi connectivity index (χ4n) is 1.93. The van der Waals surface area contributed by atoms with Crippen LogP contribution in [-0.2, 0) is 0 Å². The van der Waals surface area contributed by atoms with Gasteiger partial charge in [-0.3, -0.25) is 0 Å². The van der Waals surface area contributed by atoms with Crippen LogP contribution in [0.1, 0.15) is 18.4 Å². The van der Waals surface area contributed by atoms with E-state index in [0.29, 0.717) is 5.41 Å². The molecule has 2 N–H and O–H groups in total. The number of rotatable bonds is 5. The highest BCUT2D eigenvalue weighted by molar-refractivity contribution is 5.44. The SMILES string of the molecule is CNCC1(CNc2ccc(C)cc2)CC1. The molecule has 82 valence electrons. The summed E-state index contributed by atoms with van der Waals surface area (Å²) in [7, 11) is 2.03. The molecule has 1 aliphatic carbocycles. The summed E-state index contributed by atoms with van der Waals surface area (Å²) in [5.41, 5.74) is 3.08. The first-order chi connectivity index (χ1) is 7.24. The zero-order valence-corrected chi connectivity index (χ0v) is 9.64. The third-order valence-corrected chi connectivity index (χ3v) is 3.23. The Kier molecular flexibility index (Phi) is 2.96. The molecule has 2 nitrogen and oxygen atoms in total. The number of hydrogen-bond acceptors (Lipinski definition) is 2. The Hall–Kier alpha value is -1.02. The van der Waals surface area contributed by atoms with Gasteiger partial charge in [0.1, 0.15) is 0 Å². The molecular weight excluding hydrogens is 184 g/mol. The summed E-state index contributed by atoms with van der Waals surface area (Å²) in [4.78, 5) is 0. The Morgan fingerprint density at radius 3 is 2.33 bits per heavy atom. The molecular formula is C13H20N2. The molecule has 0 amide bonds. The summed E-state index contributed by atoms with van der Waals surface area (Å²) in [6, 6.07) is 8.62. The molecule has 1 saturated carbocycles. The lowest BCUT2D eigenvalue weighted by atomic mass is 10.1. The quantitative estimate of drug-likeness (QED) is 0.769. The van der Waals surface area contributed by atoms with E-state index in [4.69, 9.17) is 0 Å². The molecule has 0 aromatic heterocycles. The van der Waals surface area contributed by atoms with E-state index in [1.165, 1.54) is 24.1 Å². The molecule has 0 bridgehead atoms. The summed E-state index contributed by atoms with van der Waals surface area (Å²) in [6.07, 6.45) is 2.71. The van der Waals surface area contributed by atoms with Crippen molar-refractivity contribution in [2.45, 2.75) is 19.8 Å². The summed E-state index contributed by atoms with van der Waals surface area (Å²) >= 11 is 0. The van der Waals surface area contributed by atoms with E-state index in [-0.39, 0.29) is 0 Å². The third-order valence-electron chi connectivity index (χ3n) is 3.23. The molecule has 1 aliphatic rings. The van der Waals surface area contributed by atoms with Crippen LogP contribution in [0, 0.1) is 12.3 Å². The summed E-state index contributed by atoms with van der Waals surface area (Å²) in [6.45, 7) is 4.34. The van der Waals surface area contributed by atoms with Crippen molar-refractivity contribution in [3.05, 3.63) is 29.8 Å². The number of anilines is 1. The first-order valence-electron chi connectivity index (χ1n) is 5.69. The lowest BCUT2D eigenvalue weighted by Crippen LogP contribution is -2.26. The van der Waals surface area contributed by atoms with Gasteiger partial charge in [-0.2, -0.15) is 0 Å². The van der Waals surface area contributed by atoms with Gasteiger partial charge >= 0.3 is 0 Å². The Labute approximate surface area is 92.1 Å². The number of hydrogen-bond donors (Lipinski definition) is 2. The third kappa shape index (κ3) is 2.72. The van der Waals surface area contributed by atoms with Gasteiger partial charge in [0.05, 0.1) is 0 Å². The van der Waals surface area contributed by atoms with Crippen molar-refractivity contribution in [3.8, 4) is 0 Å². The van der Waals surface area contributed by atoms with Crippen molar-refractivity contribution in [1.29, 1.82) is 0 Å². The Morgan fingerprint density at radius 1 is 1.13 bits per heavy atom. The molecule has 1 aromatic rings. The van der Waals surface area contributed by atoms with Gasteiger partial charge in [0.2, 0.25) is 0 Å². The van der Waals surface area contributed by atoms with Crippen LogP contribution < -0.4 is 10.6 Å². The lowest BCUT2D eigenvalue weighted by molar-refractivity contribution is 0.507. The van der Waals surface area contributed by atoms with Gasteiger partial charge in [0, 0.05) is 24.2 Å². The van der Waals surface area contributed by atoms with Crippen molar-refractivity contribution in [3.63, 3.8) is 0 Å². The number of nitrogens with one attached hydrogen (secondary N) is 2. The molecule has 0 radical (unpaired) electrons.